The molecule has 1 N–H and O–H groups in total. The lowest BCUT2D eigenvalue weighted by Gasteiger charge is -2.17. The van der Waals surface area contributed by atoms with Crippen molar-refractivity contribution in [2.75, 3.05) is 7.05 Å². The third kappa shape index (κ3) is 3.19. The SMILES string of the molecule is CNC(Cc1c(C)nn(C)c1Cl)c1ccc(Br)c(Cl)c1. The second kappa shape index (κ2) is 6.48. The minimum Gasteiger partial charge on any atom is -0.313 e. The van der Waals surface area contributed by atoms with Gasteiger partial charge in [-0.1, -0.05) is 29.3 Å². The first-order valence-electron chi connectivity index (χ1n) is 6.24. The molecule has 0 spiro atoms. The highest BCUT2D eigenvalue weighted by atomic mass is 79.9. The van der Waals surface area contributed by atoms with Crippen LogP contribution in [0.5, 0.6) is 0 Å². The minimum atomic E-state index is 0.140. The molecule has 1 aromatic carbocycles. The summed E-state index contributed by atoms with van der Waals surface area (Å²) in [5.41, 5.74) is 3.15. The highest BCUT2D eigenvalue weighted by Crippen LogP contribution is 2.29. The Morgan fingerprint density at radius 3 is 2.60 bits per heavy atom. The Morgan fingerprint density at radius 2 is 2.10 bits per heavy atom. The molecule has 1 heterocycles. The van der Waals surface area contributed by atoms with Crippen molar-refractivity contribution in [2.24, 2.45) is 7.05 Å². The molecule has 0 bridgehead atoms. The summed E-state index contributed by atoms with van der Waals surface area (Å²) in [6.07, 6.45) is 0.771. The van der Waals surface area contributed by atoms with Gasteiger partial charge in [0, 0.05) is 23.1 Å². The van der Waals surface area contributed by atoms with E-state index in [-0.39, 0.29) is 6.04 Å². The van der Waals surface area contributed by atoms with Gasteiger partial charge in [0.2, 0.25) is 0 Å². The second-order valence-electron chi connectivity index (χ2n) is 4.70. The van der Waals surface area contributed by atoms with Gasteiger partial charge >= 0.3 is 0 Å². The van der Waals surface area contributed by atoms with Crippen LogP contribution in [0, 0.1) is 6.92 Å². The van der Waals surface area contributed by atoms with E-state index in [0.29, 0.717) is 10.2 Å². The number of hydrogen-bond acceptors (Lipinski definition) is 2. The van der Waals surface area contributed by atoms with E-state index in [0.717, 1.165) is 27.7 Å². The van der Waals surface area contributed by atoms with Gasteiger partial charge in [0.1, 0.15) is 5.15 Å². The molecule has 0 saturated heterocycles. The monoisotopic (exact) mass is 375 g/mol. The Labute approximate surface area is 137 Å². The summed E-state index contributed by atoms with van der Waals surface area (Å²) in [6.45, 7) is 1.97. The number of nitrogens with zero attached hydrogens (tertiary/aromatic N) is 2. The number of rotatable bonds is 4. The number of halogens is 3. The highest BCUT2D eigenvalue weighted by Gasteiger charge is 2.18. The van der Waals surface area contributed by atoms with Crippen LogP contribution in [0.2, 0.25) is 10.2 Å². The van der Waals surface area contributed by atoms with Gasteiger partial charge < -0.3 is 5.32 Å². The maximum Gasteiger partial charge on any atom is 0.130 e. The Bertz CT molecular complexity index is 625. The van der Waals surface area contributed by atoms with Crippen LogP contribution in [0.4, 0.5) is 0 Å². The van der Waals surface area contributed by atoms with E-state index in [1.807, 2.05) is 33.2 Å². The molecule has 0 saturated carbocycles. The summed E-state index contributed by atoms with van der Waals surface area (Å²) in [5, 5.41) is 9.05. The van der Waals surface area contributed by atoms with Crippen molar-refractivity contribution < 1.29 is 0 Å². The van der Waals surface area contributed by atoms with E-state index < -0.39 is 0 Å². The predicted octanol–water partition coefficient (Wildman–Crippen LogP) is 4.30. The molecule has 0 radical (unpaired) electrons. The van der Waals surface area contributed by atoms with E-state index in [4.69, 9.17) is 23.2 Å². The molecule has 0 aliphatic carbocycles. The molecule has 0 amide bonds. The Hall–Kier alpha value is -0.550. The lowest BCUT2D eigenvalue weighted by atomic mass is 9.99. The van der Waals surface area contributed by atoms with Crippen LogP contribution in [0.3, 0.4) is 0 Å². The summed E-state index contributed by atoms with van der Waals surface area (Å²) in [7, 11) is 3.78. The highest BCUT2D eigenvalue weighted by molar-refractivity contribution is 9.10. The molecule has 1 aromatic heterocycles. The first-order valence-corrected chi connectivity index (χ1v) is 7.79. The Kier molecular flexibility index (Phi) is 5.13. The molecule has 6 heteroatoms. The van der Waals surface area contributed by atoms with E-state index >= 15 is 0 Å². The molecule has 2 aromatic rings. The van der Waals surface area contributed by atoms with Crippen molar-refractivity contribution in [1.82, 2.24) is 15.1 Å². The fourth-order valence-electron chi connectivity index (χ4n) is 2.23. The number of likely N-dealkylation sites (N-methyl/N-ethyl adjacent to an activating group) is 1. The summed E-state index contributed by atoms with van der Waals surface area (Å²) in [4.78, 5) is 0. The number of aromatic nitrogens is 2. The largest absolute Gasteiger partial charge is 0.313 e. The van der Waals surface area contributed by atoms with Crippen LogP contribution in [0.1, 0.15) is 22.9 Å². The lowest BCUT2D eigenvalue weighted by Crippen LogP contribution is -2.19. The normalized spacial score (nSPS) is 12.7. The molecule has 0 aliphatic rings. The number of benzene rings is 1. The summed E-state index contributed by atoms with van der Waals surface area (Å²) >= 11 is 15.9. The zero-order chi connectivity index (χ0) is 14.9. The fraction of sp³-hybridized carbons (Fsp3) is 0.357. The zero-order valence-corrected chi connectivity index (χ0v) is 14.6. The van der Waals surface area contributed by atoms with E-state index in [1.54, 1.807) is 4.68 Å². The Morgan fingerprint density at radius 1 is 1.40 bits per heavy atom. The molecule has 0 fully saturated rings. The smallest absolute Gasteiger partial charge is 0.130 e. The molecule has 20 heavy (non-hydrogen) atoms. The lowest BCUT2D eigenvalue weighted by molar-refractivity contribution is 0.590. The van der Waals surface area contributed by atoms with E-state index in [9.17, 15) is 0 Å². The Balaban J connectivity index is 2.31. The first kappa shape index (κ1) is 15.8. The van der Waals surface area contributed by atoms with Crippen molar-refractivity contribution in [3.63, 3.8) is 0 Å². The summed E-state index contributed by atoms with van der Waals surface area (Å²) < 4.78 is 2.60. The van der Waals surface area contributed by atoms with Crippen molar-refractivity contribution in [3.05, 3.63) is 49.7 Å². The molecular formula is C14H16BrCl2N3. The molecule has 1 atom stereocenters. The molecular weight excluding hydrogens is 361 g/mol. The van der Waals surface area contributed by atoms with Gasteiger partial charge in [-0.3, -0.25) is 4.68 Å². The second-order valence-corrected chi connectivity index (χ2v) is 6.32. The molecule has 108 valence electrons. The van der Waals surface area contributed by atoms with Crippen molar-refractivity contribution >= 4 is 39.1 Å². The number of nitrogens with one attached hydrogen (secondary N) is 1. The van der Waals surface area contributed by atoms with Crippen LogP contribution in [0.25, 0.3) is 0 Å². The zero-order valence-electron chi connectivity index (χ0n) is 11.5. The van der Waals surface area contributed by atoms with Crippen LogP contribution in [0.15, 0.2) is 22.7 Å². The van der Waals surface area contributed by atoms with Crippen molar-refractivity contribution in [2.45, 2.75) is 19.4 Å². The maximum atomic E-state index is 6.30. The van der Waals surface area contributed by atoms with Gasteiger partial charge in [-0.15, -0.1) is 0 Å². The molecule has 2 rings (SSSR count). The molecule has 3 nitrogen and oxygen atoms in total. The van der Waals surface area contributed by atoms with Crippen molar-refractivity contribution in [1.29, 1.82) is 0 Å². The quantitative estimate of drug-likeness (QED) is 0.861. The van der Waals surface area contributed by atoms with E-state index in [1.165, 1.54) is 0 Å². The van der Waals surface area contributed by atoms with Gasteiger partial charge in [0.25, 0.3) is 0 Å². The number of aryl methyl sites for hydroxylation is 2. The van der Waals surface area contributed by atoms with Gasteiger partial charge in [-0.05, 0) is 54.0 Å². The molecule has 1 unspecified atom stereocenters. The first-order chi connectivity index (χ1) is 9.43. The van der Waals surface area contributed by atoms with Gasteiger partial charge in [0.15, 0.2) is 0 Å². The topological polar surface area (TPSA) is 29.9 Å². The van der Waals surface area contributed by atoms with Gasteiger partial charge in [-0.2, -0.15) is 5.10 Å². The average molecular weight is 377 g/mol. The standard InChI is InChI=1S/C14H16BrCl2N3/c1-8-10(14(17)20(3)19-8)7-13(18-2)9-4-5-11(15)12(16)6-9/h4-6,13,18H,7H2,1-3H3. The maximum absolute atomic E-state index is 6.30. The summed E-state index contributed by atoms with van der Waals surface area (Å²) in [5.74, 6) is 0. The van der Waals surface area contributed by atoms with E-state index in [2.05, 4.69) is 32.4 Å². The minimum absolute atomic E-state index is 0.140. The van der Waals surface area contributed by atoms with Crippen LogP contribution in [-0.4, -0.2) is 16.8 Å². The fourth-order valence-corrected chi connectivity index (χ4v) is 2.91. The number of hydrogen-bond donors (Lipinski definition) is 1. The van der Waals surface area contributed by atoms with Gasteiger partial charge in [0.05, 0.1) is 10.7 Å². The third-order valence-electron chi connectivity index (χ3n) is 3.37. The average Bonchev–Trinajstić information content (AvgIpc) is 2.65. The van der Waals surface area contributed by atoms with Gasteiger partial charge in [-0.25, -0.2) is 0 Å². The summed E-state index contributed by atoms with van der Waals surface area (Å²) in [6, 6.07) is 6.11. The van der Waals surface area contributed by atoms with Crippen LogP contribution in [-0.2, 0) is 13.5 Å². The van der Waals surface area contributed by atoms with Crippen LogP contribution >= 0.6 is 39.1 Å². The third-order valence-corrected chi connectivity index (χ3v) is 5.08. The van der Waals surface area contributed by atoms with Crippen molar-refractivity contribution in [3.8, 4) is 0 Å². The molecule has 0 aliphatic heterocycles. The van der Waals surface area contributed by atoms with Crippen LogP contribution < -0.4 is 5.32 Å². The predicted molar refractivity (Wildman–Crippen MR) is 87.6 cm³/mol.